The van der Waals surface area contributed by atoms with Gasteiger partial charge in [-0.1, -0.05) is 6.92 Å². The number of piperidine rings is 1. The van der Waals surface area contributed by atoms with E-state index < -0.39 is 0 Å². The van der Waals surface area contributed by atoms with E-state index in [0.717, 1.165) is 62.3 Å². The average molecular weight is 420 g/mol. The molecule has 2 saturated heterocycles. The summed E-state index contributed by atoms with van der Waals surface area (Å²) in [6, 6.07) is 10.2. The number of nitrogens with zero attached hydrogens (tertiary/aromatic N) is 5. The van der Waals surface area contributed by atoms with Crippen LogP contribution in [0.1, 0.15) is 32.3 Å². The number of hydrogen-bond donors (Lipinski definition) is 0. The molecule has 31 heavy (non-hydrogen) atoms. The molecule has 0 saturated carbocycles. The van der Waals surface area contributed by atoms with Crippen LogP contribution in [0.3, 0.4) is 0 Å². The Hall–Kier alpha value is -2.49. The van der Waals surface area contributed by atoms with Crippen LogP contribution in [-0.4, -0.2) is 72.9 Å². The first-order valence-corrected chi connectivity index (χ1v) is 11.4. The number of nitriles is 1. The summed E-state index contributed by atoms with van der Waals surface area (Å²) in [6.07, 6.45) is 3.47. The van der Waals surface area contributed by atoms with Gasteiger partial charge in [0.2, 0.25) is 0 Å². The van der Waals surface area contributed by atoms with Crippen LogP contribution in [0.5, 0.6) is 0 Å². The Bertz CT molecular complexity index is 976. The Morgan fingerprint density at radius 1 is 1.23 bits per heavy atom. The van der Waals surface area contributed by atoms with Gasteiger partial charge in [-0.25, -0.2) is 0 Å². The van der Waals surface area contributed by atoms with E-state index in [-0.39, 0.29) is 6.04 Å². The van der Waals surface area contributed by atoms with E-state index in [1.54, 1.807) is 6.20 Å². The zero-order valence-corrected chi connectivity index (χ0v) is 18.9. The maximum atomic E-state index is 13.1. The second-order valence-corrected chi connectivity index (χ2v) is 9.44. The quantitative estimate of drug-likeness (QED) is 0.742. The van der Waals surface area contributed by atoms with Gasteiger partial charge >= 0.3 is 0 Å². The van der Waals surface area contributed by atoms with Crippen molar-refractivity contribution in [2.24, 2.45) is 11.8 Å². The number of fused-ring (bicyclic) bond motifs is 1. The van der Waals surface area contributed by atoms with Gasteiger partial charge in [-0.05, 0) is 56.5 Å². The maximum Gasteiger partial charge on any atom is 0.150 e. The molecule has 0 spiro atoms. The number of benzene rings is 1. The minimum atomic E-state index is -0.000625. The van der Waals surface area contributed by atoms with Crippen LogP contribution in [0.25, 0.3) is 10.9 Å². The molecule has 0 amide bonds. The van der Waals surface area contributed by atoms with Gasteiger partial charge in [0.05, 0.1) is 17.1 Å². The number of carbonyl (C=O) groups is 1. The molecule has 4 rings (SSSR count). The highest BCUT2D eigenvalue weighted by Crippen LogP contribution is 2.34. The SMILES string of the molecule is C[C@H]1C[C@@H](CC(=O)[C@H](C)N2CCN(C)CC2)CN(c2ccc(C#N)c3ncccc23)C1. The molecular formula is C25H33N5O. The van der Waals surface area contributed by atoms with Crippen molar-refractivity contribution in [3.63, 3.8) is 0 Å². The molecule has 0 unspecified atom stereocenters. The van der Waals surface area contributed by atoms with Crippen molar-refractivity contribution in [3.8, 4) is 6.07 Å². The zero-order valence-electron chi connectivity index (χ0n) is 18.9. The third-order valence-electron chi connectivity index (χ3n) is 7.00. The number of Topliss-reactive ketones (excluding diaryl/α,β-unsaturated/α-hetero) is 1. The van der Waals surface area contributed by atoms with Gasteiger partial charge in [0.1, 0.15) is 11.9 Å². The van der Waals surface area contributed by atoms with Crippen LogP contribution in [0.2, 0.25) is 0 Å². The van der Waals surface area contributed by atoms with Crippen molar-refractivity contribution in [2.75, 3.05) is 51.2 Å². The molecule has 2 aromatic rings. The van der Waals surface area contributed by atoms with E-state index in [0.29, 0.717) is 29.6 Å². The fraction of sp³-hybridized carbons (Fsp3) is 0.560. The number of rotatable bonds is 5. The normalized spacial score (nSPS) is 24.1. The molecule has 3 atom stereocenters. The Morgan fingerprint density at radius 3 is 2.74 bits per heavy atom. The van der Waals surface area contributed by atoms with E-state index in [1.807, 2.05) is 24.3 Å². The summed E-state index contributed by atoms with van der Waals surface area (Å²) in [5.41, 5.74) is 2.49. The van der Waals surface area contributed by atoms with Gasteiger partial charge in [-0.2, -0.15) is 5.26 Å². The van der Waals surface area contributed by atoms with E-state index in [4.69, 9.17) is 0 Å². The predicted molar refractivity (Wildman–Crippen MR) is 124 cm³/mol. The summed E-state index contributed by atoms with van der Waals surface area (Å²) in [5.74, 6) is 1.25. The molecule has 1 aromatic carbocycles. The number of likely N-dealkylation sites (N-methyl/N-ethyl adjacent to an activating group) is 1. The fourth-order valence-corrected chi connectivity index (χ4v) is 5.22. The molecule has 0 N–H and O–H groups in total. The van der Waals surface area contributed by atoms with Crippen LogP contribution in [-0.2, 0) is 4.79 Å². The smallest absolute Gasteiger partial charge is 0.150 e. The molecule has 6 nitrogen and oxygen atoms in total. The average Bonchev–Trinajstić information content (AvgIpc) is 2.78. The van der Waals surface area contributed by atoms with Crippen molar-refractivity contribution in [2.45, 2.75) is 32.7 Å². The maximum absolute atomic E-state index is 13.1. The van der Waals surface area contributed by atoms with E-state index in [9.17, 15) is 10.1 Å². The van der Waals surface area contributed by atoms with E-state index in [2.05, 4.69) is 46.6 Å². The lowest BCUT2D eigenvalue weighted by atomic mass is 9.85. The Morgan fingerprint density at radius 2 is 2.00 bits per heavy atom. The third kappa shape index (κ3) is 4.73. The molecule has 3 heterocycles. The van der Waals surface area contributed by atoms with Gasteiger partial charge in [-0.15, -0.1) is 0 Å². The largest absolute Gasteiger partial charge is 0.370 e. The number of aromatic nitrogens is 1. The Kier molecular flexibility index (Phi) is 6.54. The van der Waals surface area contributed by atoms with Gasteiger partial charge in [0.25, 0.3) is 0 Å². The number of piperazine rings is 1. The van der Waals surface area contributed by atoms with Crippen LogP contribution in [0.15, 0.2) is 30.5 Å². The molecule has 164 valence electrons. The number of ketones is 1. The lowest BCUT2D eigenvalue weighted by Gasteiger charge is -2.40. The van der Waals surface area contributed by atoms with E-state index >= 15 is 0 Å². The van der Waals surface area contributed by atoms with Crippen molar-refractivity contribution in [3.05, 3.63) is 36.0 Å². The minimum Gasteiger partial charge on any atom is -0.370 e. The number of carbonyl (C=O) groups excluding carboxylic acids is 1. The molecule has 2 fully saturated rings. The first-order valence-electron chi connectivity index (χ1n) is 11.4. The summed E-state index contributed by atoms with van der Waals surface area (Å²) < 4.78 is 0. The summed E-state index contributed by atoms with van der Waals surface area (Å²) >= 11 is 0. The topological polar surface area (TPSA) is 63.5 Å². The molecular weight excluding hydrogens is 386 g/mol. The molecule has 1 aromatic heterocycles. The molecule has 2 aliphatic heterocycles. The van der Waals surface area contributed by atoms with Crippen molar-refractivity contribution >= 4 is 22.4 Å². The zero-order chi connectivity index (χ0) is 22.0. The van der Waals surface area contributed by atoms with Gasteiger partial charge in [0.15, 0.2) is 0 Å². The third-order valence-corrected chi connectivity index (χ3v) is 7.00. The Balaban J connectivity index is 1.48. The lowest BCUT2D eigenvalue weighted by molar-refractivity contribution is -0.125. The standard InChI is InChI=1S/C25H33N5O/c1-18-13-20(14-24(31)19(2)29-11-9-28(3)10-12-29)17-30(16-18)23-7-6-21(15-26)25-22(23)5-4-8-27-25/h4-8,18-20H,9-14,16-17H2,1-3H3/t18-,19-,20-/m0/s1. The molecule has 0 bridgehead atoms. The predicted octanol–water partition coefficient (Wildman–Crippen LogP) is 3.16. The van der Waals surface area contributed by atoms with Crippen molar-refractivity contribution < 1.29 is 4.79 Å². The Labute approximate surface area is 185 Å². The van der Waals surface area contributed by atoms with Crippen LogP contribution >= 0.6 is 0 Å². The van der Waals surface area contributed by atoms with Crippen LogP contribution < -0.4 is 4.90 Å². The summed E-state index contributed by atoms with van der Waals surface area (Å²) in [5, 5.41) is 10.5. The lowest BCUT2D eigenvalue weighted by Crippen LogP contribution is -2.51. The van der Waals surface area contributed by atoms with Crippen molar-refractivity contribution in [1.82, 2.24) is 14.8 Å². The molecule has 6 heteroatoms. The van der Waals surface area contributed by atoms with Crippen LogP contribution in [0.4, 0.5) is 5.69 Å². The number of hydrogen-bond acceptors (Lipinski definition) is 6. The number of anilines is 1. The van der Waals surface area contributed by atoms with Gasteiger partial charge < -0.3 is 9.80 Å². The first-order chi connectivity index (χ1) is 15.0. The van der Waals surface area contributed by atoms with Crippen LogP contribution in [0, 0.1) is 23.2 Å². The monoisotopic (exact) mass is 419 g/mol. The molecule has 0 radical (unpaired) electrons. The fourth-order valence-electron chi connectivity index (χ4n) is 5.22. The summed E-state index contributed by atoms with van der Waals surface area (Å²) in [6.45, 7) is 10.2. The second-order valence-electron chi connectivity index (χ2n) is 9.44. The second kappa shape index (κ2) is 9.33. The van der Waals surface area contributed by atoms with Gasteiger partial charge in [-0.3, -0.25) is 14.7 Å². The van der Waals surface area contributed by atoms with E-state index in [1.165, 1.54) is 0 Å². The molecule has 0 aliphatic carbocycles. The highest BCUT2D eigenvalue weighted by atomic mass is 16.1. The van der Waals surface area contributed by atoms with Gasteiger partial charge in [0, 0.05) is 63.0 Å². The summed E-state index contributed by atoms with van der Waals surface area (Å²) in [7, 11) is 2.14. The highest BCUT2D eigenvalue weighted by molar-refractivity contribution is 5.95. The van der Waals surface area contributed by atoms with Crippen molar-refractivity contribution in [1.29, 1.82) is 5.26 Å². The summed E-state index contributed by atoms with van der Waals surface area (Å²) in [4.78, 5) is 24.6. The molecule has 2 aliphatic rings. The number of pyridine rings is 1. The first kappa shape index (κ1) is 21.7. The minimum absolute atomic E-state index is 0.000625. The highest BCUT2D eigenvalue weighted by Gasteiger charge is 2.31.